The third-order valence-corrected chi connectivity index (χ3v) is 3.04. The highest BCUT2D eigenvalue weighted by Gasteiger charge is 2.11. The number of nitrogens with zero attached hydrogens (tertiary/aromatic N) is 3. The Morgan fingerprint density at radius 3 is 2.47 bits per heavy atom. The molecular weight excluding hydrogens is 212 g/mol. The zero-order valence-electron chi connectivity index (χ0n) is 10.2. The molecule has 1 heterocycles. The quantitative estimate of drug-likeness (QED) is 0.758. The van der Waals surface area contributed by atoms with Crippen LogP contribution in [-0.4, -0.2) is 9.78 Å². The van der Waals surface area contributed by atoms with E-state index in [-0.39, 0.29) is 0 Å². The van der Waals surface area contributed by atoms with E-state index in [9.17, 15) is 0 Å². The molecule has 0 amide bonds. The van der Waals surface area contributed by atoms with E-state index in [0.717, 1.165) is 22.6 Å². The summed E-state index contributed by atoms with van der Waals surface area (Å²) >= 11 is 0. The molecule has 0 radical (unpaired) electrons. The molecule has 0 saturated carbocycles. The van der Waals surface area contributed by atoms with Crippen LogP contribution in [0.4, 0.5) is 5.69 Å². The number of nitrogens with two attached hydrogens (primary N) is 1. The van der Waals surface area contributed by atoms with Gasteiger partial charge >= 0.3 is 0 Å². The fourth-order valence-electron chi connectivity index (χ4n) is 1.77. The molecule has 1 aromatic heterocycles. The lowest BCUT2D eigenvalue weighted by Gasteiger charge is -2.08. The molecule has 2 N–H and O–H groups in total. The first-order valence-electron chi connectivity index (χ1n) is 5.37. The lowest BCUT2D eigenvalue weighted by atomic mass is 10.2. The Kier molecular flexibility index (Phi) is 2.60. The largest absolute Gasteiger partial charge is 0.397 e. The summed E-state index contributed by atoms with van der Waals surface area (Å²) in [6.07, 6.45) is 0. The summed E-state index contributed by atoms with van der Waals surface area (Å²) in [7, 11) is 0. The van der Waals surface area contributed by atoms with Crippen LogP contribution in [0.25, 0.3) is 5.69 Å². The van der Waals surface area contributed by atoms with Crippen molar-refractivity contribution in [2.24, 2.45) is 0 Å². The van der Waals surface area contributed by atoms with Crippen LogP contribution in [0.15, 0.2) is 18.2 Å². The Bertz CT molecular complexity index is 617. The van der Waals surface area contributed by atoms with Gasteiger partial charge < -0.3 is 5.73 Å². The standard InChI is InChI=1S/C13H14N4/c1-8-9(2)16-17(10(8)3)13-5-4-11(7-14)6-12(13)15/h4-6H,15H2,1-3H3. The summed E-state index contributed by atoms with van der Waals surface area (Å²) < 4.78 is 1.82. The highest BCUT2D eigenvalue weighted by molar-refractivity contribution is 5.61. The lowest BCUT2D eigenvalue weighted by molar-refractivity contribution is 0.835. The molecule has 0 saturated heterocycles. The minimum atomic E-state index is 0.560. The van der Waals surface area contributed by atoms with E-state index in [0.29, 0.717) is 11.3 Å². The van der Waals surface area contributed by atoms with Crippen molar-refractivity contribution in [3.8, 4) is 11.8 Å². The predicted molar refractivity (Wildman–Crippen MR) is 66.9 cm³/mol. The van der Waals surface area contributed by atoms with Gasteiger partial charge in [-0.05, 0) is 44.5 Å². The summed E-state index contributed by atoms with van der Waals surface area (Å²) in [6, 6.07) is 7.31. The topological polar surface area (TPSA) is 67.6 Å². The molecule has 17 heavy (non-hydrogen) atoms. The average Bonchev–Trinajstić information content (AvgIpc) is 2.57. The average molecular weight is 226 g/mol. The number of nitrogen functional groups attached to an aromatic ring is 1. The summed E-state index contributed by atoms with van der Waals surface area (Å²) in [5.41, 5.74) is 11.1. The molecule has 0 bridgehead atoms. The Labute approximate surface area is 100 Å². The van der Waals surface area contributed by atoms with E-state index in [2.05, 4.69) is 11.2 Å². The van der Waals surface area contributed by atoms with Gasteiger partial charge in [-0.2, -0.15) is 10.4 Å². The lowest BCUT2D eigenvalue weighted by Crippen LogP contribution is -2.03. The first-order valence-corrected chi connectivity index (χ1v) is 5.37. The van der Waals surface area contributed by atoms with Crippen molar-refractivity contribution < 1.29 is 0 Å². The molecule has 2 rings (SSSR count). The van der Waals surface area contributed by atoms with Crippen LogP contribution in [-0.2, 0) is 0 Å². The molecule has 4 heteroatoms. The van der Waals surface area contributed by atoms with Crippen LogP contribution in [0.1, 0.15) is 22.5 Å². The van der Waals surface area contributed by atoms with Crippen LogP contribution in [0.2, 0.25) is 0 Å². The molecule has 0 spiro atoms. The Hall–Kier alpha value is -2.28. The van der Waals surface area contributed by atoms with E-state index in [1.165, 1.54) is 0 Å². The zero-order valence-corrected chi connectivity index (χ0v) is 10.2. The van der Waals surface area contributed by atoms with Crippen molar-refractivity contribution in [2.75, 3.05) is 5.73 Å². The molecule has 86 valence electrons. The van der Waals surface area contributed by atoms with Gasteiger partial charge in [0, 0.05) is 5.69 Å². The molecule has 4 nitrogen and oxygen atoms in total. The Balaban J connectivity index is 2.62. The highest BCUT2D eigenvalue weighted by atomic mass is 15.3. The zero-order chi connectivity index (χ0) is 12.6. The predicted octanol–water partition coefficient (Wildman–Crippen LogP) is 2.25. The van der Waals surface area contributed by atoms with Crippen molar-refractivity contribution in [3.63, 3.8) is 0 Å². The third kappa shape index (κ3) is 1.76. The van der Waals surface area contributed by atoms with E-state index < -0.39 is 0 Å². The SMILES string of the molecule is Cc1nn(-c2ccc(C#N)cc2N)c(C)c1C. The van der Waals surface area contributed by atoms with Crippen LogP contribution >= 0.6 is 0 Å². The summed E-state index contributed by atoms with van der Waals surface area (Å²) in [6.45, 7) is 6.01. The minimum absolute atomic E-state index is 0.560. The number of rotatable bonds is 1. The number of benzene rings is 1. The first-order chi connectivity index (χ1) is 8.04. The summed E-state index contributed by atoms with van der Waals surface area (Å²) in [4.78, 5) is 0. The van der Waals surface area contributed by atoms with Gasteiger partial charge in [0.05, 0.1) is 28.7 Å². The molecular formula is C13H14N4. The maximum atomic E-state index is 8.80. The van der Waals surface area contributed by atoms with Gasteiger partial charge in [0.1, 0.15) is 0 Å². The highest BCUT2D eigenvalue weighted by Crippen LogP contribution is 2.22. The van der Waals surface area contributed by atoms with Gasteiger partial charge in [-0.1, -0.05) is 0 Å². The number of hydrogen-bond acceptors (Lipinski definition) is 3. The summed E-state index contributed by atoms with van der Waals surface area (Å²) in [5, 5.41) is 13.2. The van der Waals surface area contributed by atoms with E-state index in [1.807, 2.05) is 31.5 Å². The third-order valence-electron chi connectivity index (χ3n) is 3.04. The van der Waals surface area contributed by atoms with Gasteiger partial charge in [0.25, 0.3) is 0 Å². The van der Waals surface area contributed by atoms with E-state index in [1.54, 1.807) is 12.1 Å². The number of nitriles is 1. The maximum absolute atomic E-state index is 8.80. The molecule has 2 aromatic rings. The molecule has 0 atom stereocenters. The van der Waals surface area contributed by atoms with Gasteiger partial charge in [0.2, 0.25) is 0 Å². The first kappa shape index (κ1) is 11.2. The van der Waals surface area contributed by atoms with Crippen LogP contribution in [0.3, 0.4) is 0 Å². The maximum Gasteiger partial charge on any atom is 0.0992 e. The van der Waals surface area contributed by atoms with Crippen LogP contribution in [0, 0.1) is 32.1 Å². The van der Waals surface area contributed by atoms with Gasteiger partial charge in [0.15, 0.2) is 0 Å². The molecule has 1 aromatic carbocycles. The van der Waals surface area contributed by atoms with Crippen LogP contribution < -0.4 is 5.73 Å². The molecule has 0 aliphatic carbocycles. The molecule has 0 unspecified atom stereocenters. The number of aryl methyl sites for hydroxylation is 1. The van der Waals surface area contributed by atoms with Crippen molar-refractivity contribution in [1.82, 2.24) is 9.78 Å². The minimum Gasteiger partial charge on any atom is -0.397 e. The molecule has 0 aliphatic rings. The normalized spacial score (nSPS) is 10.2. The fourth-order valence-corrected chi connectivity index (χ4v) is 1.77. The number of hydrogen-bond donors (Lipinski definition) is 1. The summed E-state index contributed by atoms with van der Waals surface area (Å²) in [5.74, 6) is 0. The van der Waals surface area contributed by atoms with Gasteiger partial charge in [-0.25, -0.2) is 4.68 Å². The molecule has 0 fully saturated rings. The Morgan fingerprint density at radius 2 is 2.00 bits per heavy atom. The van der Waals surface area contributed by atoms with Crippen LogP contribution in [0.5, 0.6) is 0 Å². The monoisotopic (exact) mass is 226 g/mol. The second-order valence-electron chi connectivity index (χ2n) is 4.09. The molecule has 0 aliphatic heterocycles. The smallest absolute Gasteiger partial charge is 0.0992 e. The van der Waals surface area contributed by atoms with Gasteiger partial charge in [-0.15, -0.1) is 0 Å². The second kappa shape index (κ2) is 3.95. The second-order valence-corrected chi connectivity index (χ2v) is 4.09. The Morgan fingerprint density at radius 1 is 1.29 bits per heavy atom. The fraction of sp³-hybridized carbons (Fsp3) is 0.231. The number of anilines is 1. The van der Waals surface area contributed by atoms with Gasteiger partial charge in [-0.3, -0.25) is 0 Å². The van der Waals surface area contributed by atoms with Crippen molar-refractivity contribution in [2.45, 2.75) is 20.8 Å². The van der Waals surface area contributed by atoms with Crippen molar-refractivity contribution in [1.29, 1.82) is 5.26 Å². The number of aromatic nitrogens is 2. The van der Waals surface area contributed by atoms with Crippen molar-refractivity contribution in [3.05, 3.63) is 40.7 Å². The van der Waals surface area contributed by atoms with E-state index >= 15 is 0 Å². The van der Waals surface area contributed by atoms with E-state index in [4.69, 9.17) is 11.0 Å². The van der Waals surface area contributed by atoms with Crippen molar-refractivity contribution >= 4 is 5.69 Å².